The van der Waals surface area contributed by atoms with E-state index in [1.54, 1.807) is 4.90 Å². The van der Waals surface area contributed by atoms with E-state index in [-0.39, 0.29) is 24.4 Å². The van der Waals surface area contributed by atoms with Crippen LogP contribution in [0.2, 0.25) is 0 Å². The van der Waals surface area contributed by atoms with Gasteiger partial charge >= 0.3 is 0 Å². The van der Waals surface area contributed by atoms with Crippen LogP contribution >= 0.6 is 0 Å². The van der Waals surface area contributed by atoms with E-state index in [1.807, 2.05) is 4.90 Å². The molecule has 2 amide bonds. The number of hydrogen-bond acceptors (Lipinski definition) is 4. The molecule has 3 heterocycles. The van der Waals surface area contributed by atoms with Gasteiger partial charge in [0, 0.05) is 45.0 Å². The molecule has 0 aromatic heterocycles. The number of anilines is 1. The van der Waals surface area contributed by atoms with Gasteiger partial charge in [0.1, 0.15) is 6.04 Å². The lowest BCUT2D eigenvalue weighted by Gasteiger charge is -2.43. The Balaban J connectivity index is 1.22. The fraction of sp³-hybridized carbons (Fsp3) is 0.636. The topological polar surface area (TPSA) is 47.1 Å². The molecule has 3 aliphatic heterocycles. The van der Waals surface area contributed by atoms with Crippen molar-refractivity contribution in [2.45, 2.75) is 38.6 Å². The first-order valence-electron chi connectivity index (χ1n) is 10.7. The molecule has 4 rings (SSSR count). The van der Waals surface area contributed by atoms with Gasteiger partial charge in [0.15, 0.2) is 0 Å². The number of benzene rings is 1. The maximum Gasteiger partial charge on any atom is 0.245 e. The molecule has 1 aromatic carbocycles. The highest BCUT2D eigenvalue weighted by atomic mass is 16.2. The van der Waals surface area contributed by atoms with Gasteiger partial charge in [-0.3, -0.25) is 14.5 Å². The van der Waals surface area contributed by atoms with E-state index in [0.29, 0.717) is 6.54 Å². The highest BCUT2D eigenvalue weighted by molar-refractivity contribution is 5.95. The van der Waals surface area contributed by atoms with Gasteiger partial charge in [0.05, 0.1) is 6.54 Å². The van der Waals surface area contributed by atoms with Gasteiger partial charge in [-0.25, -0.2) is 0 Å². The van der Waals surface area contributed by atoms with Crippen LogP contribution in [-0.4, -0.2) is 84.9 Å². The molecule has 0 saturated carbocycles. The first kappa shape index (κ1) is 19.2. The quantitative estimate of drug-likeness (QED) is 0.776. The third-order valence-electron chi connectivity index (χ3n) is 6.48. The number of piperidine rings is 1. The van der Waals surface area contributed by atoms with Gasteiger partial charge in [-0.2, -0.15) is 0 Å². The second kappa shape index (κ2) is 8.52. The van der Waals surface area contributed by atoms with Crippen LogP contribution in [0.3, 0.4) is 0 Å². The molecule has 6 heteroatoms. The number of aryl methyl sites for hydroxylation is 1. The van der Waals surface area contributed by atoms with E-state index in [1.165, 1.54) is 11.3 Å². The summed E-state index contributed by atoms with van der Waals surface area (Å²) in [7, 11) is 0. The van der Waals surface area contributed by atoms with Crippen molar-refractivity contribution in [3.8, 4) is 0 Å². The number of piperazine rings is 2. The van der Waals surface area contributed by atoms with Crippen molar-refractivity contribution in [1.29, 1.82) is 0 Å². The Labute approximate surface area is 168 Å². The summed E-state index contributed by atoms with van der Waals surface area (Å²) >= 11 is 0. The molecule has 28 heavy (non-hydrogen) atoms. The van der Waals surface area contributed by atoms with Gasteiger partial charge in [0.25, 0.3) is 0 Å². The van der Waals surface area contributed by atoms with Crippen LogP contribution in [0, 0.1) is 6.92 Å². The van der Waals surface area contributed by atoms with E-state index in [2.05, 4.69) is 41.0 Å². The Hall–Kier alpha value is -2.08. The summed E-state index contributed by atoms with van der Waals surface area (Å²) in [5, 5.41) is 0. The third kappa shape index (κ3) is 4.02. The molecule has 3 saturated heterocycles. The minimum absolute atomic E-state index is 0.135. The van der Waals surface area contributed by atoms with Crippen molar-refractivity contribution in [1.82, 2.24) is 14.7 Å². The number of carbonyl (C=O) groups excluding carboxylic acids is 2. The highest BCUT2D eigenvalue weighted by Gasteiger charge is 2.40. The second-order valence-corrected chi connectivity index (χ2v) is 8.33. The molecule has 0 aliphatic carbocycles. The van der Waals surface area contributed by atoms with Crippen LogP contribution in [-0.2, 0) is 9.59 Å². The van der Waals surface area contributed by atoms with Gasteiger partial charge < -0.3 is 14.7 Å². The third-order valence-corrected chi connectivity index (χ3v) is 6.48. The summed E-state index contributed by atoms with van der Waals surface area (Å²) in [5.74, 6) is 0.305. The lowest BCUT2D eigenvalue weighted by Crippen LogP contribution is -2.61. The van der Waals surface area contributed by atoms with E-state index < -0.39 is 0 Å². The molecule has 0 spiro atoms. The first-order chi connectivity index (χ1) is 13.6. The van der Waals surface area contributed by atoms with Crippen molar-refractivity contribution < 1.29 is 9.59 Å². The van der Waals surface area contributed by atoms with Gasteiger partial charge in [0.2, 0.25) is 11.8 Å². The first-order valence-corrected chi connectivity index (χ1v) is 10.7. The number of nitrogens with zero attached hydrogens (tertiary/aromatic N) is 4. The summed E-state index contributed by atoms with van der Waals surface area (Å²) < 4.78 is 0. The standard InChI is InChI=1S/C22H32N4O2/c1-18-7-2-3-8-19(18)24-15-13-23(14-16-24)10-6-11-25-17-21(27)26-12-5-4-9-20(26)22(25)28/h2-3,7-8,20H,4-6,9-17H2,1H3. The molecule has 152 valence electrons. The Bertz CT molecular complexity index is 714. The predicted molar refractivity (Wildman–Crippen MR) is 110 cm³/mol. The van der Waals surface area contributed by atoms with Crippen LogP contribution in [0.25, 0.3) is 0 Å². The molecule has 6 nitrogen and oxygen atoms in total. The van der Waals surface area contributed by atoms with Gasteiger partial charge in [-0.1, -0.05) is 18.2 Å². The predicted octanol–water partition coefficient (Wildman–Crippen LogP) is 1.73. The van der Waals surface area contributed by atoms with Crippen LogP contribution in [0.5, 0.6) is 0 Å². The van der Waals surface area contributed by atoms with E-state index in [9.17, 15) is 9.59 Å². The van der Waals surface area contributed by atoms with Crippen LogP contribution < -0.4 is 4.90 Å². The summed E-state index contributed by atoms with van der Waals surface area (Å²) in [6, 6.07) is 8.39. The van der Waals surface area contributed by atoms with Gasteiger partial charge in [-0.05, 0) is 50.8 Å². The summed E-state index contributed by atoms with van der Waals surface area (Å²) in [4.78, 5) is 33.7. The van der Waals surface area contributed by atoms with Crippen molar-refractivity contribution in [2.24, 2.45) is 0 Å². The monoisotopic (exact) mass is 384 g/mol. The SMILES string of the molecule is Cc1ccccc1N1CCN(CCCN2CC(=O)N3CCCCC3C2=O)CC1. The average molecular weight is 385 g/mol. The van der Waals surface area contributed by atoms with E-state index >= 15 is 0 Å². The second-order valence-electron chi connectivity index (χ2n) is 8.33. The molecule has 0 radical (unpaired) electrons. The maximum absolute atomic E-state index is 12.7. The minimum Gasteiger partial charge on any atom is -0.369 e. The average Bonchev–Trinajstić information content (AvgIpc) is 2.73. The molecule has 1 unspecified atom stereocenters. The van der Waals surface area contributed by atoms with Crippen molar-refractivity contribution in [3.63, 3.8) is 0 Å². The fourth-order valence-electron chi connectivity index (χ4n) is 4.83. The largest absolute Gasteiger partial charge is 0.369 e. The molecule has 1 atom stereocenters. The number of rotatable bonds is 5. The van der Waals surface area contributed by atoms with Gasteiger partial charge in [-0.15, -0.1) is 0 Å². The maximum atomic E-state index is 12.7. The summed E-state index contributed by atoms with van der Waals surface area (Å²) in [6.07, 6.45) is 3.86. The number of carbonyl (C=O) groups is 2. The molecular weight excluding hydrogens is 352 g/mol. The highest BCUT2D eigenvalue weighted by Crippen LogP contribution is 2.23. The normalized spacial score (nSPS) is 23.9. The summed E-state index contributed by atoms with van der Waals surface area (Å²) in [5.41, 5.74) is 2.68. The number of amides is 2. The Kier molecular flexibility index (Phi) is 5.85. The molecule has 0 bridgehead atoms. The zero-order valence-corrected chi connectivity index (χ0v) is 17.0. The molecular formula is C22H32N4O2. The number of hydrogen-bond donors (Lipinski definition) is 0. The van der Waals surface area contributed by atoms with Crippen molar-refractivity contribution in [3.05, 3.63) is 29.8 Å². The van der Waals surface area contributed by atoms with Crippen molar-refractivity contribution >= 4 is 17.5 Å². The van der Waals surface area contributed by atoms with Crippen LogP contribution in [0.4, 0.5) is 5.69 Å². The molecule has 0 N–H and O–H groups in total. The summed E-state index contributed by atoms with van der Waals surface area (Å²) in [6.45, 7) is 9.10. The number of fused-ring (bicyclic) bond motifs is 1. The van der Waals surface area contributed by atoms with Crippen LogP contribution in [0.1, 0.15) is 31.2 Å². The fourth-order valence-corrected chi connectivity index (χ4v) is 4.83. The molecule has 3 fully saturated rings. The zero-order valence-electron chi connectivity index (χ0n) is 17.0. The van der Waals surface area contributed by atoms with Crippen LogP contribution in [0.15, 0.2) is 24.3 Å². The minimum atomic E-state index is -0.187. The van der Waals surface area contributed by atoms with Crippen molar-refractivity contribution in [2.75, 3.05) is 57.3 Å². The molecule has 1 aromatic rings. The smallest absolute Gasteiger partial charge is 0.245 e. The van der Waals surface area contributed by atoms with E-state index in [4.69, 9.17) is 0 Å². The lowest BCUT2D eigenvalue weighted by atomic mass is 9.98. The Morgan fingerprint density at radius 3 is 2.54 bits per heavy atom. The van der Waals surface area contributed by atoms with E-state index in [0.717, 1.165) is 65.0 Å². The Morgan fingerprint density at radius 1 is 0.964 bits per heavy atom. The number of para-hydroxylation sites is 1. The lowest BCUT2D eigenvalue weighted by molar-refractivity contribution is -0.157. The zero-order chi connectivity index (χ0) is 19.5. The Morgan fingerprint density at radius 2 is 1.75 bits per heavy atom. The molecule has 3 aliphatic rings.